The smallest absolute Gasteiger partial charge is 0.245 e. The minimum Gasteiger partial charge on any atom is -0.325 e. The van der Waals surface area contributed by atoms with Crippen molar-refractivity contribution in [2.24, 2.45) is 0 Å². The second-order valence-corrected chi connectivity index (χ2v) is 11.6. The molecule has 31 heavy (non-hydrogen) atoms. The second kappa shape index (κ2) is 9.15. The number of carbonyl (C=O) groups excluding carboxylic acids is 1. The number of hydrogen-bond acceptors (Lipinski definition) is 5. The zero-order valence-electron chi connectivity index (χ0n) is 17.2. The fraction of sp³-hybridized carbons (Fsp3) is 0.350. The van der Waals surface area contributed by atoms with Crippen LogP contribution in [0.5, 0.6) is 0 Å². The van der Waals surface area contributed by atoms with Gasteiger partial charge in [-0.3, -0.25) is 9.10 Å². The number of benzene rings is 2. The highest BCUT2D eigenvalue weighted by atomic mass is 35.5. The number of aryl methyl sites for hydroxylation is 1. The number of nitrogens with one attached hydrogen (secondary N) is 1. The molecular weight excluding hydrogens is 462 g/mol. The molecule has 0 bridgehead atoms. The van der Waals surface area contributed by atoms with Crippen LogP contribution in [0.1, 0.15) is 18.4 Å². The number of hydrogen-bond donors (Lipinski definition) is 1. The van der Waals surface area contributed by atoms with E-state index in [-0.39, 0.29) is 10.6 Å². The quantitative estimate of drug-likeness (QED) is 0.649. The zero-order chi connectivity index (χ0) is 22.8. The van der Waals surface area contributed by atoms with Gasteiger partial charge >= 0.3 is 0 Å². The van der Waals surface area contributed by atoms with Crippen LogP contribution in [0.2, 0.25) is 5.02 Å². The van der Waals surface area contributed by atoms with Crippen LogP contribution in [0.25, 0.3) is 0 Å². The Hall–Kier alpha value is -2.14. The van der Waals surface area contributed by atoms with Crippen molar-refractivity contribution >= 4 is 48.9 Å². The molecular formula is C20H24ClN3O5S2. The lowest BCUT2D eigenvalue weighted by Gasteiger charge is -2.22. The van der Waals surface area contributed by atoms with Crippen LogP contribution in [0, 0.1) is 6.92 Å². The Labute approximate surface area is 187 Å². The van der Waals surface area contributed by atoms with Crippen molar-refractivity contribution in [3.8, 4) is 0 Å². The Bertz CT molecular complexity index is 1180. The summed E-state index contributed by atoms with van der Waals surface area (Å²) in [6.45, 7) is 2.35. The minimum absolute atomic E-state index is 0.152. The summed E-state index contributed by atoms with van der Waals surface area (Å²) in [6, 6.07) is 10.6. The zero-order valence-corrected chi connectivity index (χ0v) is 19.6. The third kappa shape index (κ3) is 5.57. The number of anilines is 2. The normalized spacial score (nSPS) is 15.1. The van der Waals surface area contributed by atoms with Crippen molar-refractivity contribution in [2.75, 3.05) is 35.5 Å². The number of nitrogens with zero attached hydrogens (tertiary/aromatic N) is 2. The van der Waals surface area contributed by atoms with Crippen molar-refractivity contribution < 1.29 is 21.6 Å². The molecule has 1 fully saturated rings. The Morgan fingerprint density at radius 1 is 1.06 bits per heavy atom. The predicted octanol–water partition coefficient (Wildman–Crippen LogP) is 2.84. The third-order valence-corrected chi connectivity index (χ3v) is 8.43. The lowest BCUT2D eigenvalue weighted by molar-refractivity contribution is -0.114. The largest absolute Gasteiger partial charge is 0.325 e. The Morgan fingerprint density at radius 3 is 2.23 bits per heavy atom. The number of halogens is 1. The summed E-state index contributed by atoms with van der Waals surface area (Å²) < 4.78 is 52.0. The summed E-state index contributed by atoms with van der Waals surface area (Å²) in [5, 5.41) is 2.99. The first-order valence-corrected chi connectivity index (χ1v) is 13.3. The molecule has 3 rings (SSSR count). The standard InChI is InChI=1S/C20H24ClN3O5S2/c1-15-5-8-17(13-19(15)21)24(30(2,26)27)14-20(25)22-16-6-9-18(10-7-16)31(28,29)23-11-3-4-12-23/h5-10,13H,3-4,11-12,14H2,1-2H3,(H,22,25). The molecule has 2 aromatic carbocycles. The minimum atomic E-state index is -3.74. The maximum absolute atomic E-state index is 12.6. The van der Waals surface area contributed by atoms with Gasteiger partial charge in [0.1, 0.15) is 6.54 Å². The molecule has 11 heteroatoms. The third-order valence-electron chi connectivity index (χ3n) is 4.97. The summed E-state index contributed by atoms with van der Waals surface area (Å²) in [5.74, 6) is -0.572. The maximum Gasteiger partial charge on any atom is 0.245 e. The first-order chi connectivity index (χ1) is 14.5. The van der Waals surface area contributed by atoms with Crippen LogP contribution in [-0.2, 0) is 24.8 Å². The Kier molecular flexibility index (Phi) is 6.95. The van der Waals surface area contributed by atoms with Gasteiger partial charge in [-0.2, -0.15) is 4.31 Å². The van der Waals surface area contributed by atoms with Gasteiger partial charge in [0.15, 0.2) is 0 Å². The van der Waals surface area contributed by atoms with Crippen molar-refractivity contribution in [3.05, 3.63) is 53.1 Å². The van der Waals surface area contributed by atoms with Crippen molar-refractivity contribution in [2.45, 2.75) is 24.7 Å². The fourth-order valence-corrected chi connectivity index (χ4v) is 5.80. The highest BCUT2D eigenvalue weighted by Gasteiger charge is 2.27. The summed E-state index contributed by atoms with van der Waals surface area (Å²) in [7, 11) is -7.29. The molecule has 0 radical (unpaired) electrons. The van der Waals surface area contributed by atoms with Crippen LogP contribution < -0.4 is 9.62 Å². The molecule has 1 saturated heterocycles. The summed E-state index contributed by atoms with van der Waals surface area (Å²) in [6.07, 6.45) is 2.69. The van der Waals surface area contributed by atoms with E-state index in [9.17, 15) is 21.6 Å². The predicted molar refractivity (Wildman–Crippen MR) is 121 cm³/mol. The lowest BCUT2D eigenvalue weighted by Crippen LogP contribution is -2.37. The van der Waals surface area contributed by atoms with Gasteiger partial charge in [-0.1, -0.05) is 17.7 Å². The highest BCUT2D eigenvalue weighted by molar-refractivity contribution is 7.92. The first kappa shape index (κ1) is 23.5. The Morgan fingerprint density at radius 2 is 1.68 bits per heavy atom. The van der Waals surface area contributed by atoms with Crippen molar-refractivity contribution in [3.63, 3.8) is 0 Å². The van der Waals surface area contributed by atoms with Gasteiger partial charge in [0.2, 0.25) is 26.0 Å². The SMILES string of the molecule is Cc1ccc(N(CC(=O)Nc2ccc(S(=O)(=O)N3CCCC3)cc2)S(C)(=O)=O)cc1Cl. The molecule has 168 valence electrons. The van der Waals surface area contributed by atoms with Gasteiger partial charge in [0.25, 0.3) is 0 Å². The molecule has 0 atom stereocenters. The number of carbonyl (C=O) groups is 1. The van der Waals surface area contributed by atoms with Crippen LogP contribution in [0.3, 0.4) is 0 Å². The molecule has 1 aliphatic heterocycles. The van der Waals surface area contributed by atoms with Crippen LogP contribution in [0.4, 0.5) is 11.4 Å². The molecule has 2 aromatic rings. The first-order valence-electron chi connectivity index (χ1n) is 9.62. The van der Waals surface area contributed by atoms with E-state index in [4.69, 9.17) is 11.6 Å². The van der Waals surface area contributed by atoms with E-state index >= 15 is 0 Å². The monoisotopic (exact) mass is 485 g/mol. The molecule has 0 saturated carbocycles. The van der Waals surface area contributed by atoms with E-state index in [1.54, 1.807) is 19.1 Å². The molecule has 1 amide bonds. The van der Waals surface area contributed by atoms with E-state index in [1.807, 2.05) is 0 Å². The molecule has 8 nitrogen and oxygen atoms in total. The number of amides is 1. The van der Waals surface area contributed by atoms with Crippen LogP contribution in [-0.4, -0.2) is 52.9 Å². The molecule has 0 aromatic heterocycles. The molecule has 1 N–H and O–H groups in total. The van der Waals surface area contributed by atoms with Gasteiger partial charge in [0.05, 0.1) is 16.8 Å². The van der Waals surface area contributed by atoms with Gasteiger partial charge in [0, 0.05) is 23.8 Å². The van der Waals surface area contributed by atoms with Gasteiger partial charge in [-0.15, -0.1) is 0 Å². The fourth-order valence-electron chi connectivity index (χ4n) is 3.26. The van der Waals surface area contributed by atoms with Gasteiger partial charge in [-0.05, 0) is 61.7 Å². The van der Waals surface area contributed by atoms with E-state index < -0.39 is 32.5 Å². The number of sulfonamides is 2. The molecule has 1 heterocycles. The highest BCUT2D eigenvalue weighted by Crippen LogP contribution is 2.25. The summed E-state index contributed by atoms with van der Waals surface area (Å²) in [5.41, 5.74) is 1.42. The van der Waals surface area contributed by atoms with E-state index in [0.29, 0.717) is 23.8 Å². The topological polar surface area (TPSA) is 104 Å². The maximum atomic E-state index is 12.6. The average Bonchev–Trinajstić information content (AvgIpc) is 3.24. The molecule has 0 unspecified atom stereocenters. The Balaban J connectivity index is 1.73. The van der Waals surface area contributed by atoms with E-state index in [1.165, 1.54) is 34.6 Å². The summed E-state index contributed by atoms with van der Waals surface area (Å²) in [4.78, 5) is 12.7. The van der Waals surface area contributed by atoms with Crippen molar-refractivity contribution in [1.29, 1.82) is 0 Å². The number of rotatable bonds is 7. The molecule has 0 aliphatic carbocycles. The van der Waals surface area contributed by atoms with E-state index in [2.05, 4.69) is 5.32 Å². The van der Waals surface area contributed by atoms with Gasteiger partial charge in [-0.25, -0.2) is 16.8 Å². The second-order valence-electron chi connectivity index (χ2n) is 7.39. The van der Waals surface area contributed by atoms with Gasteiger partial charge < -0.3 is 5.32 Å². The van der Waals surface area contributed by atoms with Crippen LogP contribution >= 0.6 is 11.6 Å². The molecule has 1 aliphatic rings. The van der Waals surface area contributed by atoms with E-state index in [0.717, 1.165) is 29.0 Å². The van der Waals surface area contributed by atoms with Crippen LogP contribution in [0.15, 0.2) is 47.4 Å². The lowest BCUT2D eigenvalue weighted by atomic mass is 10.2. The summed E-state index contributed by atoms with van der Waals surface area (Å²) >= 11 is 6.10. The average molecular weight is 486 g/mol. The van der Waals surface area contributed by atoms with Crippen molar-refractivity contribution in [1.82, 2.24) is 4.31 Å². The molecule has 0 spiro atoms.